The van der Waals surface area contributed by atoms with Crippen LogP contribution < -0.4 is 0 Å². The molecule has 5 fully saturated rings. The third-order valence-corrected chi connectivity index (χ3v) is 15.8. The maximum absolute atomic E-state index is 13.6. The van der Waals surface area contributed by atoms with Gasteiger partial charge in [0.15, 0.2) is 0 Å². The molecule has 1 saturated heterocycles. The third kappa shape index (κ3) is 4.40. The topological polar surface area (TPSA) is 107 Å². The van der Waals surface area contributed by atoms with Crippen molar-refractivity contribution in [1.29, 1.82) is 0 Å². The van der Waals surface area contributed by atoms with Crippen LogP contribution in [0.3, 0.4) is 0 Å². The molecule has 5 aliphatic carbocycles. The number of aliphatic hydroxyl groups excluding tert-OH is 3. The Morgan fingerprint density at radius 2 is 1.52 bits per heavy atom. The molecule has 13 atom stereocenters. The number of hydrogen-bond donors (Lipinski definition) is 4. The molecule has 250 valence electrons. The van der Waals surface area contributed by atoms with E-state index in [1.165, 1.54) is 5.57 Å². The monoisotopic (exact) mass is 618 g/mol. The number of allylic oxidation sites excluding steroid dienone is 2. The first-order chi connectivity index (χ1) is 20.4. The Labute approximate surface area is 264 Å². The Bertz CT molecular complexity index is 1180. The summed E-state index contributed by atoms with van der Waals surface area (Å²) in [5.41, 5.74) is 1.14. The molecule has 6 rings (SSSR count). The van der Waals surface area contributed by atoms with E-state index < -0.39 is 48.6 Å². The zero-order chi connectivity index (χ0) is 32.3. The average Bonchev–Trinajstić information content (AvgIpc) is 2.94. The minimum Gasteiger partial charge on any atom is -0.481 e. The van der Waals surface area contributed by atoms with Gasteiger partial charge in [0.1, 0.15) is 31.1 Å². The number of fused-ring (bicyclic) bond motifs is 7. The summed E-state index contributed by atoms with van der Waals surface area (Å²) in [5, 5.41) is 42.1. The molecule has 0 spiro atoms. The van der Waals surface area contributed by atoms with Crippen LogP contribution >= 0.6 is 0 Å². The number of aliphatic carboxylic acids is 1. The van der Waals surface area contributed by atoms with Crippen molar-refractivity contribution in [2.24, 2.45) is 56.2 Å². The van der Waals surface area contributed by atoms with E-state index in [9.17, 15) is 29.6 Å². The molecule has 0 aromatic rings. The molecule has 0 aromatic carbocycles. The predicted molar refractivity (Wildman–Crippen MR) is 167 cm³/mol. The summed E-state index contributed by atoms with van der Waals surface area (Å²) in [4.78, 5) is 12.9. The van der Waals surface area contributed by atoms with Crippen molar-refractivity contribution in [3.05, 3.63) is 11.6 Å². The summed E-state index contributed by atoms with van der Waals surface area (Å²) < 4.78 is 19.5. The maximum Gasteiger partial charge on any atom is 0.310 e. The molecule has 6 nitrogen and oxygen atoms in total. The zero-order valence-corrected chi connectivity index (χ0v) is 28.2. The van der Waals surface area contributed by atoms with Crippen LogP contribution in [0.5, 0.6) is 0 Å². The number of aliphatic hydroxyl groups is 3. The molecular weight excluding hydrogens is 559 g/mol. The van der Waals surface area contributed by atoms with Crippen LogP contribution in [0.25, 0.3) is 0 Å². The number of carboxylic acids is 1. The Morgan fingerprint density at radius 3 is 2.18 bits per heavy atom. The van der Waals surface area contributed by atoms with Crippen LogP contribution in [0.15, 0.2) is 11.6 Å². The van der Waals surface area contributed by atoms with E-state index in [1.807, 2.05) is 0 Å². The van der Waals surface area contributed by atoms with E-state index >= 15 is 0 Å². The summed E-state index contributed by atoms with van der Waals surface area (Å²) in [7, 11) is 0. The van der Waals surface area contributed by atoms with Crippen LogP contribution in [-0.4, -0.2) is 63.6 Å². The molecule has 4 N–H and O–H groups in total. The average molecular weight is 619 g/mol. The highest BCUT2D eigenvalue weighted by molar-refractivity contribution is 5.76. The first-order valence-electron chi connectivity index (χ1n) is 17.6. The highest BCUT2D eigenvalue weighted by Gasteiger charge is 2.69. The standard InChI is InChI=1S/C37H59FO6/c1-32(2)14-16-37(31(42)43)17-15-35(6)22(23(37)19-32)8-9-27-34(5)12-10-21(33(3,4)26(34)11-13-36(27,35)7)18-24-28(39)30(41)29(40)25(20-38)44-24/h8,21,23-30,39-41H,9-20H2,1-7H3,(H,42,43)/t21-,23?,24-,25?,26?,27?,28+,29+,30?,34-,35+,36+,37-/m0/s1. The lowest BCUT2D eigenvalue weighted by Crippen LogP contribution is -2.65. The van der Waals surface area contributed by atoms with Crippen molar-refractivity contribution in [2.75, 3.05) is 6.67 Å². The molecule has 0 bridgehead atoms. The lowest BCUT2D eigenvalue weighted by Gasteiger charge is -2.71. The molecule has 0 radical (unpaired) electrons. The van der Waals surface area contributed by atoms with Gasteiger partial charge in [0.25, 0.3) is 0 Å². The van der Waals surface area contributed by atoms with Gasteiger partial charge >= 0.3 is 5.97 Å². The van der Waals surface area contributed by atoms with Crippen LogP contribution in [0, 0.1) is 56.2 Å². The molecule has 0 amide bonds. The molecule has 4 saturated carbocycles. The van der Waals surface area contributed by atoms with Gasteiger partial charge < -0.3 is 25.2 Å². The maximum atomic E-state index is 13.6. The number of carbonyl (C=O) groups is 1. The van der Waals surface area contributed by atoms with Gasteiger partial charge in [-0.3, -0.25) is 4.79 Å². The third-order valence-electron chi connectivity index (χ3n) is 15.8. The lowest BCUT2D eigenvalue weighted by atomic mass is 9.33. The zero-order valence-electron chi connectivity index (χ0n) is 28.2. The van der Waals surface area contributed by atoms with E-state index in [0.29, 0.717) is 18.3 Å². The fourth-order valence-electron chi connectivity index (χ4n) is 12.8. The smallest absolute Gasteiger partial charge is 0.310 e. The van der Waals surface area contributed by atoms with Crippen molar-refractivity contribution >= 4 is 5.97 Å². The highest BCUT2D eigenvalue weighted by Crippen LogP contribution is 2.76. The number of halogens is 1. The largest absolute Gasteiger partial charge is 0.481 e. The van der Waals surface area contributed by atoms with Crippen LogP contribution in [-0.2, 0) is 9.53 Å². The van der Waals surface area contributed by atoms with E-state index in [1.54, 1.807) is 0 Å². The Kier molecular flexibility index (Phi) is 7.84. The molecule has 44 heavy (non-hydrogen) atoms. The van der Waals surface area contributed by atoms with Crippen LogP contribution in [0.1, 0.15) is 119 Å². The van der Waals surface area contributed by atoms with Gasteiger partial charge in [0, 0.05) is 0 Å². The van der Waals surface area contributed by atoms with Gasteiger partial charge in [-0.25, -0.2) is 4.39 Å². The molecule has 1 aliphatic heterocycles. The molecule has 1 heterocycles. The van der Waals surface area contributed by atoms with E-state index in [-0.39, 0.29) is 38.9 Å². The van der Waals surface area contributed by atoms with E-state index in [0.717, 1.165) is 64.2 Å². The number of hydrogen-bond acceptors (Lipinski definition) is 5. The predicted octanol–water partition coefficient (Wildman–Crippen LogP) is 6.70. The van der Waals surface area contributed by atoms with E-state index in [2.05, 4.69) is 54.5 Å². The highest BCUT2D eigenvalue weighted by atomic mass is 19.1. The van der Waals surface area contributed by atoms with Crippen molar-refractivity contribution < 1.29 is 34.3 Å². The van der Waals surface area contributed by atoms with Gasteiger partial charge in [0.2, 0.25) is 0 Å². The Morgan fingerprint density at radius 1 is 0.864 bits per heavy atom. The fraction of sp³-hybridized carbons (Fsp3) is 0.919. The molecule has 5 unspecified atom stereocenters. The summed E-state index contributed by atoms with van der Waals surface area (Å²) in [6.07, 6.45) is 6.92. The lowest BCUT2D eigenvalue weighted by molar-refractivity contribution is -0.237. The summed E-state index contributed by atoms with van der Waals surface area (Å²) in [6, 6.07) is 0. The van der Waals surface area contributed by atoms with Crippen molar-refractivity contribution in [2.45, 2.75) is 150 Å². The second kappa shape index (κ2) is 10.5. The first-order valence-corrected chi connectivity index (χ1v) is 17.6. The number of ether oxygens (including phenoxy) is 1. The summed E-state index contributed by atoms with van der Waals surface area (Å²) in [6.45, 7) is 16.0. The van der Waals surface area contributed by atoms with Gasteiger partial charge in [-0.15, -0.1) is 0 Å². The fourth-order valence-corrected chi connectivity index (χ4v) is 12.8. The van der Waals surface area contributed by atoms with E-state index in [4.69, 9.17) is 4.74 Å². The second-order valence-corrected chi connectivity index (χ2v) is 18.3. The van der Waals surface area contributed by atoms with Gasteiger partial charge in [0.05, 0.1) is 11.5 Å². The second-order valence-electron chi connectivity index (χ2n) is 18.3. The summed E-state index contributed by atoms with van der Waals surface area (Å²) in [5.74, 6) is 0.737. The molecule has 0 aromatic heterocycles. The quantitative estimate of drug-likeness (QED) is 0.261. The minimum absolute atomic E-state index is 0.0136. The van der Waals surface area contributed by atoms with Crippen LogP contribution in [0.4, 0.5) is 4.39 Å². The van der Waals surface area contributed by atoms with Gasteiger partial charge in [-0.05, 0) is 121 Å². The van der Waals surface area contributed by atoms with Gasteiger partial charge in [-0.1, -0.05) is 60.1 Å². The van der Waals surface area contributed by atoms with Crippen molar-refractivity contribution in [3.63, 3.8) is 0 Å². The Balaban J connectivity index is 1.29. The molecular formula is C37H59FO6. The number of rotatable bonds is 4. The Hall–Kier alpha value is -1.02. The first kappa shape index (κ1) is 32.9. The minimum atomic E-state index is -1.42. The number of alkyl halides is 1. The van der Waals surface area contributed by atoms with Crippen molar-refractivity contribution in [3.8, 4) is 0 Å². The van der Waals surface area contributed by atoms with Crippen molar-refractivity contribution in [1.82, 2.24) is 0 Å². The molecule has 7 heteroatoms. The van der Waals surface area contributed by atoms with Crippen LogP contribution in [0.2, 0.25) is 0 Å². The SMILES string of the molecule is CC1(C)CC[C@]2(C(=O)O)CC[C@]3(C)C(=CCC4[C@@]5(C)CC[C@@H](C[C@@H]6OC(CF)[C@@H](O)C(O)[C@@H]6O)C(C)(C)C5CC[C@]43C)C2C1. The molecule has 6 aliphatic rings. The summed E-state index contributed by atoms with van der Waals surface area (Å²) >= 11 is 0. The normalized spacial score (nSPS) is 52.9. The van der Waals surface area contributed by atoms with Gasteiger partial charge in [-0.2, -0.15) is 0 Å². The number of carboxylic acid groups (broad SMARTS) is 1.